The molecule has 1 amide bonds. The molecular weight excluding hydrogens is 355 g/mol. The molecule has 1 N–H and O–H groups in total. The van der Waals surface area contributed by atoms with Crippen LogP contribution in [-0.2, 0) is 4.79 Å². The lowest BCUT2D eigenvalue weighted by Gasteiger charge is -2.08. The van der Waals surface area contributed by atoms with Crippen LogP contribution in [-0.4, -0.2) is 20.7 Å². The Morgan fingerprint density at radius 3 is 2.68 bits per heavy atom. The maximum absolute atomic E-state index is 13.0. The highest BCUT2D eigenvalue weighted by atomic mass is 19.1. The molecule has 28 heavy (non-hydrogen) atoms. The maximum Gasteiger partial charge on any atom is 0.249 e. The zero-order chi connectivity index (χ0) is 19.5. The molecule has 2 aromatic carbocycles. The van der Waals surface area contributed by atoms with Gasteiger partial charge >= 0.3 is 0 Å². The number of aryl methyl sites for hydroxylation is 1. The van der Waals surface area contributed by atoms with Crippen LogP contribution in [0.25, 0.3) is 22.8 Å². The number of halogens is 1. The van der Waals surface area contributed by atoms with Crippen LogP contribution in [0, 0.1) is 12.7 Å². The number of benzene rings is 2. The molecule has 0 unspecified atom stereocenters. The molecule has 2 heterocycles. The molecule has 0 saturated heterocycles. The summed E-state index contributed by atoms with van der Waals surface area (Å²) >= 11 is 0. The predicted molar refractivity (Wildman–Crippen MR) is 108 cm³/mol. The molecule has 2 aromatic heterocycles. The summed E-state index contributed by atoms with van der Waals surface area (Å²) in [7, 11) is 0. The lowest BCUT2D eigenvalue weighted by Crippen LogP contribution is -2.13. The molecule has 5 nitrogen and oxygen atoms in total. The third kappa shape index (κ3) is 3.81. The van der Waals surface area contributed by atoms with Gasteiger partial charge in [-0.25, -0.2) is 9.37 Å². The van der Waals surface area contributed by atoms with Crippen molar-refractivity contribution in [3.8, 4) is 5.82 Å². The minimum absolute atomic E-state index is 0.314. The Morgan fingerprint density at radius 2 is 1.86 bits per heavy atom. The van der Waals surface area contributed by atoms with E-state index in [1.54, 1.807) is 29.0 Å². The van der Waals surface area contributed by atoms with Gasteiger partial charge in [-0.15, -0.1) is 0 Å². The molecule has 4 aromatic rings. The van der Waals surface area contributed by atoms with Gasteiger partial charge in [0.15, 0.2) is 5.82 Å². The van der Waals surface area contributed by atoms with Crippen molar-refractivity contribution in [3.63, 3.8) is 0 Å². The summed E-state index contributed by atoms with van der Waals surface area (Å²) in [4.78, 5) is 16.9. The lowest BCUT2D eigenvalue weighted by molar-refractivity contribution is -0.111. The topological polar surface area (TPSA) is 59.8 Å². The fourth-order valence-corrected chi connectivity index (χ4v) is 2.85. The van der Waals surface area contributed by atoms with Gasteiger partial charge in [-0.05, 0) is 48.9 Å². The van der Waals surface area contributed by atoms with E-state index in [4.69, 9.17) is 0 Å². The zero-order valence-corrected chi connectivity index (χ0v) is 15.1. The Balaban J connectivity index is 1.58. The molecule has 0 radical (unpaired) electrons. The second-order valence-corrected chi connectivity index (χ2v) is 6.32. The van der Waals surface area contributed by atoms with Crippen molar-refractivity contribution in [1.29, 1.82) is 0 Å². The second-order valence-electron chi connectivity index (χ2n) is 6.32. The number of hydrogen-bond acceptors (Lipinski definition) is 3. The van der Waals surface area contributed by atoms with Gasteiger partial charge in [-0.3, -0.25) is 4.79 Å². The minimum atomic E-state index is -0.316. The van der Waals surface area contributed by atoms with Crippen LogP contribution in [0.4, 0.5) is 10.2 Å². The van der Waals surface area contributed by atoms with Crippen LogP contribution in [0.15, 0.2) is 72.8 Å². The van der Waals surface area contributed by atoms with E-state index in [0.29, 0.717) is 11.6 Å². The Labute approximate surface area is 161 Å². The fraction of sp³-hybridized carbons (Fsp3) is 0.0455. The van der Waals surface area contributed by atoms with E-state index in [-0.39, 0.29) is 11.7 Å². The molecule has 0 aliphatic rings. The minimum Gasteiger partial charge on any atom is -0.307 e. The van der Waals surface area contributed by atoms with E-state index in [1.165, 1.54) is 18.2 Å². The fourth-order valence-electron chi connectivity index (χ4n) is 2.85. The lowest BCUT2D eigenvalue weighted by atomic mass is 10.2. The molecule has 0 atom stereocenters. The van der Waals surface area contributed by atoms with E-state index >= 15 is 0 Å². The molecule has 0 aliphatic heterocycles. The summed E-state index contributed by atoms with van der Waals surface area (Å²) in [5, 5.41) is 8.29. The number of nitrogens with zero attached hydrogens (tertiary/aromatic N) is 3. The SMILES string of the molecule is Cc1cc(NC(=O)/C=C/c2ccc(F)cc2)n(-c2ccc3ccccc3n2)n1. The standard InChI is InChI=1S/C22H17FN4O/c1-15-14-21(25-22(28)13-8-16-6-10-18(23)11-7-16)27(26-15)20-12-9-17-4-2-3-5-19(17)24-20/h2-14H,1H3,(H,25,28)/b13-8+. The van der Waals surface area contributed by atoms with Crippen LogP contribution < -0.4 is 5.32 Å². The summed E-state index contributed by atoms with van der Waals surface area (Å²) in [6.07, 6.45) is 3.02. The third-order valence-electron chi connectivity index (χ3n) is 4.18. The molecule has 4 rings (SSSR count). The first-order valence-electron chi connectivity index (χ1n) is 8.76. The van der Waals surface area contributed by atoms with Gasteiger partial charge in [0.2, 0.25) is 5.91 Å². The molecular formula is C22H17FN4O. The average Bonchev–Trinajstić information content (AvgIpc) is 3.07. The Hall–Kier alpha value is -3.80. The van der Waals surface area contributed by atoms with Crippen molar-refractivity contribution in [2.45, 2.75) is 6.92 Å². The van der Waals surface area contributed by atoms with Gasteiger partial charge in [0.1, 0.15) is 11.6 Å². The summed E-state index contributed by atoms with van der Waals surface area (Å²) in [5.74, 6) is 0.508. The summed E-state index contributed by atoms with van der Waals surface area (Å²) in [6, 6.07) is 19.3. The number of nitrogens with one attached hydrogen (secondary N) is 1. The Kier molecular flexibility index (Phi) is 4.68. The van der Waals surface area contributed by atoms with Crippen LogP contribution >= 0.6 is 0 Å². The second kappa shape index (κ2) is 7.44. The normalized spacial score (nSPS) is 11.2. The van der Waals surface area contributed by atoms with E-state index in [0.717, 1.165) is 22.2 Å². The van der Waals surface area contributed by atoms with Gasteiger partial charge < -0.3 is 5.32 Å². The molecule has 0 aliphatic carbocycles. The molecule has 0 saturated carbocycles. The first-order chi connectivity index (χ1) is 13.6. The Bertz CT molecular complexity index is 1180. The number of aromatic nitrogens is 3. The molecule has 138 valence electrons. The Morgan fingerprint density at radius 1 is 1.07 bits per heavy atom. The molecule has 0 bridgehead atoms. The predicted octanol–water partition coefficient (Wildman–Crippen LogP) is 4.52. The van der Waals surface area contributed by atoms with Crippen molar-refractivity contribution < 1.29 is 9.18 Å². The van der Waals surface area contributed by atoms with E-state index in [2.05, 4.69) is 15.4 Å². The van der Waals surface area contributed by atoms with Gasteiger partial charge in [-0.2, -0.15) is 9.78 Å². The number of pyridine rings is 1. The first kappa shape index (κ1) is 17.6. The summed E-state index contributed by atoms with van der Waals surface area (Å²) < 4.78 is 14.6. The van der Waals surface area contributed by atoms with Crippen molar-refractivity contribution >= 4 is 28.7 Å². The van der Waals surface area contributed by atoms with Crippen LogP contribution in [0.2, 0.25) is 0 Å². The van der Waals surface area contributed by atoms with E-state index in [1.807, 2.05) is 43.3 Å². The van der Waals surface area contributed by atoms with Crippen LogP contribution in [0.3, 0.4) is 0 Å². The van der Waals surface area contributed by atoms with E-state index in [9.17, 15) is 9.18 Å². The highest BCUT2D eigenvalue weighted by Gasteiger charge is 2.11. The number of fused-ring (bicyclic) bond motifs is 1. The monoisotopic (exact) mass is 372 g/mol. The van der Waals surface area contributed by atoms with Crippen molar-refractivity contribution in [3.05, 3.63) is 89.9 Å². The molecule has 0 spiro atoms. The highest BCUT2D eigenvalue weighted by Crippen LogP contribution is 2.19. The third-order valence-corrected chi connectivity index (χ3v) is 4.18. The van der Waals surface area contributed by atoms with Crippen LogP contribution in [0.1, 0.15) is 11.3 Å². The maximum atomic E-state index is 13.0. The number of amides is 1. The average molecular weight is 372 g/mol. The largest absolute Gasteiger partial charge is 0.307 e. The smallest absolute Gasteiger partial charge is 0.249 e. The van der Waals surface area contributed by atoms with Gasteiger partial charge in [0, 0.05) is 17.5 Å². The number of rotatable bonds is 4. The zero-order valence-electron chi connectivity index (χ0n) is 15.1. The van der Waals surface area contributed by atoms with Crippen LogP contribution in [0.5, 0.6) is 0 Å². The first-order valence-corrected chi connectivity index (χ1v) is 8.76. The van der Waals surface area contributed by atoms with Gasteiger partial charge in [0.25, 0.3) is 0 Å². The quantitative estimate of drug-likeness (QED) is 0.536. The summed E-state index contributed by atoms with van der Waals surface area (Å²) in [6.45, 7) is 1.85. The summed E-state index contributed by atoms with van der Waals surface area (Å²) in [5.41, 5.74) is 2.34. The number of anilines is 1. The van der Waals surface area contributed by atoms with Gasteiger partial charge in [-0.1, -0.05) is 30.3 Å². The van der Waals surface area contributed by atoms with Crippen molar-refractivity contribution in [2.24, 2.45) is 0 Å². The molecule has 6 heteroatoms. The molecule has 0 fully saturated rings. The number of carbonyl (C=O) groups is 1. The number of para-hydroxylation sites is 1. The number of hydrogen-bond donors (Lipinski definition) is 1. The van der Waals surface area contributed by atoms with Crippen molar-refractivity contribution in [2.75, 3.05) is 5.32 Å². The van der Waals surface area contributed by atoms with Crippen molar-refractivity contribution in [1.82, 2.24) is 14.8 Å². The van der Waals surface area contributed by atoms with E-state index < -0.39 is 0 Å². The van der Waals surface area contributed by atoms with Gasteiger partial charge in [0.05, 0.1) is 11.2 Å². The highest BCUT2D eigenvalue weighted by molar-refractivity contribution is 6.01. The number of carbonyl (C=O) groups excluding carboxylic acids is 1.